The molecule has 0 spiro atoms. The van der Waals surface area contributed by atoms with Crippen LogP contribution in [0.4, 0.5) is 0 Å². The molecule has 0 saturated carbocycles. The average molecular weight is 808 g/mol. The van der Waals surface area contributed by atoms with E-state index in [-0.39, 0.29) is 26.1 Å². The second-order valence-electron chi connectivity index (χ2n) is 15.7. The van der Waals surface area contributed by atoms with Crippen LogP contribution in [-0.4, -0.2) is 70.0 Å². The van der Waals surface area contributed by atoms with Gasteiger partial charge in [0.2, 0.25) is 0 Å². The predicted octanol–water partition coefficient (Wildman–Crippen LogP) is 11.8. The molecule has 0 aliphatic heterocycles. The molecule has 0 radical (unpaired) electrons. The number of esters is 2. The van der Waals surface area contributed by atoms with Crippen molar-refractivity contribution in [2.24, 2.45) is 0 Å². The van der Waals surface area contributed by atoms with E-state index >= 15 is 0 Å². The van der Waals surface area contributed by atoms with E-state index in [1.54, 1.807) is 0 Å². The van der Waals surface area contributed by atoms with Crippen molar-refractivity contribution in [2.75, 3.05) is 47.5 Å². The Kier molecular flexibility index (Phi) is 36.7. The Labute approximate surface area is 343 Å². The Morgan fingerprint density at radius 3 is 1.43 bits per heavy atom. The van der Waals surface area contributed by atoms with E-state index < -0.39 is 32.5 Å². The number of unbranched alkanes of at least 4 members (excludes halogenated alkanes) is 15. The van der Waals surface area contributed by atoms with Gasteiger partial charge in [0.15, 0.2) is 6.10 Å². The normalized spacial score (nSPS) is 14.2. The zero-order chi connectivity index (χ0) is 41.4. The summed E-state index contributed by atoms with van der Waals surface area (Å²) in [5, 5.41) is 0. The van der Waals surface area contributed by atoms with Crippen LogP contribution in [0.2, 0.25) is 0 Å². The van der Waals surface area contributed by atoms with E-state index in [4.69, 9.17) is 18.5 Å². The quantitative estimate of drug-likeness (QED) is 0.0198. The van der Waals surface area contributed by atoms with E-state index in [9.17, 15) is 19.0 Å². The molecule has 2 atom stereocenters. The number of phosphoric acid groups is 1. The summed E-state index contributed by atoms with van der Waals surface area (Å²) < 4.78 is 33.8. The second kappa shape index (κ2) is 38.2. The van der Waals surface area contributed by atoms with Gasteiger partial charge in [0.1, 0.15) is 19.8 Å². The molecular weight excluding hydrogens is 725 g/mol. The summed E-state index contributed by atoms with van der Waals surface area (Å²) in [5.74, 6) is -0.880. The molecule has 0 heterocycles. The Morgan fingerprint density at radius 1 is 0.554 bits per heavy atom. The fraction of sp³-hybridized carbons (Fsp3) is 0.739. The van der Waals surface area contributed by atoms with Crippen molar-refractivity contribution in [1.82, 2.24) is 0 Å². The lowest BCUT2D eigenvalue weighted by atomic mass is 10.1. The largest absolute Gasteiger partial charge is 0.756 e. The third kappa shape index (κ3) is 41.3. The summed E-state index contributed by atoms with van der Waals surface area (Å²) in [7, 11) is 1.13. The molecule has 0 aliphatic rings. The van der Waals surface area contributed by atoms with Gasteiger partial charge >= 0.3 is 11.9 Å². The number of allylic oxidation sites excluding steroid dienone is 10. The fourth-order valence-electron chi connectivity index (χ4n) is 5.51. The fourth-order valence-corrected chi connectivity index (χ4v) is 6.24. The second-order valence-corrected chi connectivity index (χ2v) is 17.1. The number of likely N-dealkylation sites (N-methyl/N-ethyl adjacent to an activating group) is 1. The van der Waals surface area contributed by atoms with Crippen LogP contribution in [-0.2, 0) is 32.7 Å². The van der Waals surface area contributed by atoms with Crippen molar-refractivity contribution in [3.63, 3.8) is 0 Å². The smallest absolute Gasteiger partial charge is 0.306 e. The number of phosphoric ester groups is 1. The molecule has 0 bridgehead atoms. The highest BCUT2D eigenvalue weighted by molar-refractivity contribution is 7.45. The van der Waals surface area contributed by atoms with Crippen molar-refractivity contribution in [3.8, 4) is 0 Å². The van der Waals surface area contributed by atoms with Gasteiger partial charge in [-0.15, -0.1) is 0 Å². The van der Waals surface area contributed by atoms with Crippen molar-refractivity contribution >= 4 is 19.8 Å². The van der Waals surface area contributed by atoms with E-state index in [1.807, 2.05) is 21.1 Å². The molecule has 0 N–H and O–H groups in total. The third-order valence-electron chi connectivity index (χ3n) is 9.01. The van der Waals surface area contributed by atoms with Gasteiger partial charge in [0.25, 0.3) is 7.82 Å². The maximum absolute atomic E-state index is 12.7. The summed E-state index contributed by atoms with van der Waals surface area (Å²) >= 11 is 0. The van der Waals surface area contributed by atoms with Crippen LogP contribution in [0.15, 0.2) is 60.8 Å². The van der Waals surface area contributed by atoms with Gasteiger partial charge in [0.05, 0.1) is 27.7 Å². The highest BCUT2D eigenvalue weighted by Crippen LogP contribution is 2.38. The number of rotatable bonds is 39. The lowest BCUT2D eigenvalue weighted by molar-refractivity contribution is -0.870. The monoisotopic (exact) mass is 808 g/mol. The molecule has 0 aromatic rings. The summed E-state index contributed by atoms with van der Waals surface area (Å²) in [5.41, 5.74) is 0. The van der Waals surface area contributed by atoms with Crippen LogP contribution < -0.4 is 4.89 Å². The Morgan fingerprint density at radius 2 is 0.964 bits per heavy atom. The summed E-state index contributed by atoms with van der Waals surface area (Å²) in [4.78, 5) is 37.5. The van der Waals surface area contributed by atoms with Gasteiger partial charge in [-0.3, -0.25) is 14.2 Å². The maximum atomic E-state index is 12.7. The van der Waals surface area contributed by atoms with Crippen LogP contribution in [0.1, 0.15) is 168 Å². The van der Waals surface area contributed by atoms with Gasteiger partial charge in [-0.25, -0.2) is 0 Å². The van der Waals surface area contributed by atoms with Crippen LogP contribution >= 0.6 is 7.82 Å². The van der Waals surface area contributed by atoms with Crippen molar-refractivity contribution < 1.29 is 42.1 Å². The topological polar surface area (TPSA) is 111 Å². The Balaban J connectivity index is 4.44. The first-order chi connectivity index (χ1) is 27.0. The molecule has 0 rings (SSSR count). The number of quaternary nitrogens is 1. The number of nitrogens with zero attached hydrogens (tertiary/aromatic N) is 1. The first-order valence-electron chi connectivity index (χ1n) is 22.0. The summed E-state index contributed by atoms with van der Waals surface area (Å²) in [6.45, 7) is 4.11. The average Bonchev–Trinajstić information content (AvgIpc) is 3.15. The summed E-state index contributed by atoms with van der Waals surface area (Å²) in [6.07, 6.45) is 45.2. The van der Waals surface area contributed by atoms with E-state index in [0.29, 0.717) is 23.9 Å². The Bertz CT molecular complexity index is 1140. The molecule has 10 heteroatoms. The first-order valence-corrected chi connectivity index (χ1v) is 23.5. The lowest BCUT2D eigenvalue weighted by Crippen LogP contribution is -2.37. The minimum absolute atomic E-state index is 0.0401. The van der Waals surface area contributed by atoms with Crippen LogP contribution in [0.25, 0.3) is 0 Å². The van der Waals surface area contributed by atoms with Gasteiger partial charge in [-0.05, 0) is 83.5 Å². The van der Waals surface area contributed by atoms with Gasteiger partial charge < -0.3 is 27.9 Å². The molecule has 0 aromatic carbocycles. The van der Waals surface area contributed by atoms with E-state index in [0.717, 1.165) is 77.0 Å². The zero-order valence-corrected chi connectivity index (χ0v) is 37.2. The van der Waals surface area contributed by atoms with Crippen molar-refractivity contribution in [2.45, 2.75) is 174 Å². The lowest BCUT2D eigenvalue weighted by Gasteiger charge is -2.28. The molecule has 56 heavy (non-hydrogen) atoms. The van der Waals surface area contributed by atoms with Crippen LogP contribution in [0.3, 0.4) is 0 Å². The van der Waals surface area contributed by atoms with Crippen LogP contribution in [0.5, 0.6) is 0 Å². The number of carbonyl (C=O) groups excluding carboxylic acids is 2. The SMILES string of the molecule is CCCCC/C=C\C/C=C\C/C=C\CCCCCCC(=O)OC[C@H](COP(=O)([O-])OCC[N+](C)(C)C)OC(=O)CCCCCCC/C=C\C/C=C\CCCCC. The number of hydrogen-bond acceptors (Lipinski definition) is 8. The number of ether oxygens (including phenoxy) is 2. The molecule has 9 nitrogen and oxygen atoms in total. The van der Waals surface area contributed by atoms with E-state index in [1.165, 1.54) is 51.4 Å². The molecule has 0 amide bonds. The highest BCUT2D eigenvalue weighted by Gasteiger charge is 2.21. The number of hydrogen-bond donors (Lipinski definition) is 0. The molecular formula is C46H82NO8P. The minimum Gasteiger partial charge on any atom is -0.756 e. The van der Waals surface area contributed by atoms with Gasteiger partial charge in [-0.1, -0.05) is 132 Å². The van der Waals surface area contributed by atoms with E-state index in [2.05, 4.69) is 74.6 Å². The molecule has 0 aromatic heterocycles. The summed E-state index contributed by atoms with van der Waals surface area (Å²) in [6, 6.07) is 0. The highest BCUT2D eigenvalue weighted by atomic mass is 31.2. The third-order valence-corrected chi connectivity index (χ3v) is 9.97. The molecule has 0 saturated heterocycles. The minimum atomic E-state index is -4.64. The predicted molar refractivity (Wildman–Crippen MR) is 231 cm³/mol. The Hall–Kier alpha value is -2.29. The van der Waals surface area contributed by atoms with Gasteiger partial charge in [0, 0.05) is 12.8 Å². The standard InChI is InChI=1S/C46H82NO8P/c1-6-8-10-12-14-16-18-20-22-23-25-26-28-30-32-34-36-38-45(48)52-42-44(43-54-56(50,51)53-41-40-47(3,4)5)55-46(49)39-37-35-33-31-29-27-24-21-19-17-15-13-11-9-7-2/h14-17,20-22,24-26,44H,6-13,18-19,23,27-43H2,1-5H3/b16-14-,17-15-,22-20-,24-21-,26-25-/t44-/m1/s1. The first kappa shape index (κ1) is 53.7. The molecule has 0 aliphatic carbocycles. The number of carbonyl (C=O) groups is 2. The van der Waals surface area contributed by atoms with Gasteiger partial charge in [-0.2, -0.15) is 0 Å². The van der Waals surface area contributed by atoms with Crippen molar-refractivity contribution in [3.05, 3.63) is 60.8 Å². The van der Waals surface area contributed by atoms with Crippen LogP contribution in [0, 0.1) is 0 Å². The molecule has 324 valence electrons. The maximum Gasteiger partial charge on any atom is 0.306 e. The molecule has 1 unspecified atom stereocenters. The van der Waals surface area contributed by atoms with Crippen molar-refractivity contribution in [1.29, 1.82) is 0 Å². The zero-order valence-electron chi connectivity index (χ0n) is 36.3. The molecule has 0 fully saturated rings.